The van der Waals surface area contributed by atoms with Crippen LogP contribution in [-0.2, 0) is 98.9 Å². The Morgan fingerprint density at radius 1 is 0.287 bits per heavy atom. The fraction of sp³-hybridized carbons (Fsp3) is 0.974. The molecule has 0 aliphatic carbocycles. The maximum absolute atomic E-state index is 7.89. The van der Waals surface area contributed by atoms with Crippen LogP contribution < -0.4 is 0 Å². The monoisotopic (exact) mass is 1600 g/mol. The van der Waals surface area contributed by atoms with Crippen LogP contribution in [0.3, 0.4) is 0 Å². The van der Waals surface area contributed by atoms with Crippen LogP contribution in [0.1, 0.15) is 250 Å². The van der Waals surface area contributed by atoms with E-state index in [4.69, 9.17) is 107 Å². The second-order valence-electron chi connectivity index (χ2n) is 27.3. The molecule has 4 aliphatic rings. The summed E-state index contributed by atoms with van der Waals surface area (Å²) in [6, 6.07) is 0. The predicted molar refractivity (Wildman–Crippen MR) is 410 cm³/mol. The first-order valence-electron chi connectivity index (χ1n) is 40.4. The fourth-order valence-corrected chi connectivity index (χ4v) is 13.3. The normalized spacial score (nSPS) is 30.5. The standard InChI is InChI=1S/C77H146IO21PS/c1-14-27-40-53-91-74-70(89-51-38-25-12)66(85-47-34-21-8)64(83-45-32-19-6)60(95-74)56-92-75-72(68(87-49-36-23-10)63(82-44-31-18-5)58(94-75)54-79-41-28-15-2)98-77-73(69(88-50-37-24-11)65(84-46-33-20-7)61(97-77)57-93-101(78)100)99-76-71(90-52-39-26-13)67(86-48-35-22-9)62(81-43-30-17-4)59(96-76)55-80-42-29-16-3/h14,58-77,101H,1,15-57H2,2-13H3. The van der Waals surface area contributed by atoms with Crippen molar-refractivity contribution in [2.45, 2.75) is 373 Å². The molecule has 4 fully saturated rings. The van der Waals surface area contributed by atoms with Crippen molar-refractivity contribution in [3.63, 3.8) is 0 Å². The Kier molecular flexibility index (Phi) is 55.9. The van der Waals surface area contributed by atoms with Crippen molar-refractivity contribution in [3.05, 3.63) is 12.7 Å². The van der Waals surface area contributed by atoms with Crippen LogP contribution >= 0.6 is 36.3 Å². The summed E-state index contributed by atoms with van der Waals surface area (Å²) in [5, 5.41) is 0. The molecule has 0 aromatic carbocycles. The zero-order chi connectivity index (χ0) is 73.1. The fourth-order valence-electron chi connectivity index (χ4n) is 12.3. The van der Waals surface area contributed by atoms with Gasteiger partial charge in [0, 0.05) is 46.2 Å². The number of thiol groups is 1. The second kappa shape index (κ2) is 60.2. The van der Waals surface area contributed by atoms with Crippen LogP contribution in [0.15, 0.2) is 12.7 Å². The zero-order valence-electron chi connectivity index (χ0n) is 65.1. The van der Waals surface area contributed by atoms with Crippen LogP contribution in [0.2, 0.25) is 0 Å². The minimum Gasteiger partial charge on any atom is -0.373 e. The van der Waals surface area contributed by atoms with Gasteiger partial charge in [0.25, 0.3) is 0 Å². The molecular formula is C77H146IO21PS. The topological polar surface area (TPSA) is 194 Å². The number of rotatable bonds is 64. The molecule has 24 heteroatoms. The molecule has 0 bridgehead atoms. The van der Waals surface area contributed by atoms with Crippen molar-refractivity contribution in [2.24, 2.45) is 0 Å². The van der Waals surface area contributed by atoms with E-state index in [1.54, 1.807) is 0 Å². The van der Waals surface area contributed by atoms with Gasteiger partial charge in [0.15, 0.2) is 6.29 Å². The van der Waals surface area contributed by atoms with Gasteiger partial charge in [-0.3, -0.25) is 0 Å². The Bertz CT molecular complexity index is 2030. The van der Waals surface area contributed by atoms with E-state index < -0.39 is 130 Å². The van der Waals surface area contributed by atoms with Gasteiger partial charge in [-0.2, -0.15) is 0 Å². The van der Waals surface area contributed by atoms with E-state index in [-0.39, 0.29) is 26.4 Å². The van der Waals surface area contributed by atoms with Crippen LogP contribution in [0.4, 0.5) is 0 Å². The third kappa shape index (κ3) is 35.1. The SMILES string of the molecule is C=CCCCOC1OC(COC2OC(COCCCC)C(OCCCC)C(OCCCC)C2OC2OC(CO[SH](#P)I)C(OCCCC)C(OCCCC)C2OC2OC(COCCCC)C(OCCCC)C(OCCCC)C2OCCCC)C(OCCCC)C(OCCCC)C1OCCCC. The van der Waals surface area contributed by atoms with Gasteiger partial charge < -0.3 is 37.9 Å². The molecule has 21 atom stereocenters. The Hall–Kier alpha value is 0.410. The van der Waals surface area contributed by atoms with E-state index in [2.05, 4.69) is 111 Å². The van der Waals surface area contributed by atoms with Crippen LogP contribution in [0, 0.1) is 0 Å². The summed E-state index contributed by atoms with van der Waals surface area (Å²) >= 11 is 2.22. The first-order valence-corrected chi connectivity index (χ1v) is 45.6. The van der Waals surface area contributed by atoms with Gasteiger partial charge in [0.1, 0.15) is 18.3 Å². The summed E-state index contributed by atoms with van der Waals surface area (Å²) in [5.41, 5.74) is 0. The minimum absolute atomic E-state index is 0.0376. The molecule has 0 spiro atoms. The molecule has 4 rings (SSSR count). The van der Waals surface area contributed by atoms with Gasteiger partial charge >= 0.3 is 301 Å². The average Bonchev–Trinajstić information content (AvgIpc) is 0.793. The molecule has 0 radical (unpaired) electrons. The van der Waals surface area contributed by atoms with Crippen molar-refractivity contribution < 1.29 is 98.9 Å². The molecule has 101 heavy (non-hydrogen) atoms. The van der Waals surface area contributed by atoms with Crippen molar-refractivity contribution >= 4 is 36.3 Å². The van der Waals surface area contributed by atoms with Gasteiger partial charge in [-0.05, 0) is 70.6 Å². The second-order valence-corrected chi connectivity index (χ2v) is 34.0. The third-order valence-corrected chi connectivity index (χ3v) is 20.0. The first-order chi connectivity index (χ1) is 49.5. The van der Waals surface area contributed by atoms with Crippen molar-refractivity contribution in [3.8, 4) is 0 Å². The number of unbranched alkanes of at least 4 members (excludes halogenated alkanes) is 13. The first kappa shape index (κ1) is 93.8. The van der Waals surface area contributed by atoms with Crippen molar-refractivity contribution in [2.75, 3.05) is 112 Å². The summed E-state index contributed by atoms with van der Waals surface area (Å²) < 4.78 is 149. The van der Waals surface area contributed by atoms with Crippen LogP contribution in [0.5, 0.6) is 0 Å². The molecule has 21 unspecified atom stereocenters. The Morgan fingerprint density at radius 3 is 0.871 bits per heavy atom. The van der Waals surface area contributed by atoms with E-state index in [0.29, 0.717) is 85.9 Å². The van der Waals surface area contributed by atoms with E-state index >= 15 is 0 Å². The molecular weight excluding hydrogens is 1450 g/mol. The molecule has 0 aromatic rings. The zero-order valence-corrected chi connectivity index (χ0v) is 69.0. The Labute approximate surface area is 629 Å². The summed E-state index contributed by atoms with van der Waals surface area (Å²) in [5.74, 6) is 0. The van der Waals surface area contributed by atoms with Gasteiger partial charge in [-0.15, -0.1) is 6.58 Å². The Balaban J connectivity index is 2.11. The van der Waals surface area contributed by atoms with Gasteiger partial charge in [-0.25, -0.2) is 0 Å². The van der Waals surface area contributed by atoms with Crippen molar-refractivity contribution in [1.82, 2.24) is 0 Å². The van der Waals surface area contributed by atoms with Gasteiger partial charge in [-0.1, -0.05) is 140 Å². The molecule has 598 valence electrons. The summed E-state index contributed by atoms with van der Waals surface area (Å²) in [4.78, 5) is 0. The minimum atomic E-state index is -1.27. The van der Waals surface area contributed by atoms with E-state index in [9.17, 15) is 0 Å². The molecule has 4 saturated heterocycles. The predicted octanol–water partition coefficient (Wildman–Crippen LogP) is 16.8. The smallest absolute Gasteiger partial charge is 0.373 e. The number of ether oxygens (including phenoxy) is 20. The Morgan fingerprint density at radius 2 is 0.535 bits per heavy atom. The summed E-state index contributed by atoms with van der Waals surface area (Å²) in [7, 11) is 3.61. The number of hydrogen-bond donors (Lipinski definition) is 1. The molecule has 0 amide bonds. The van der Waals surface area contributed by atoms with Crippen LogP contribution in [-0.4, -0.2) is 235 Å². The summed E-state index contributed by atoms with van der Waals surface area (Å²) in [6.45, 7) is 36.4. The quantitative estimate of drug-likeness (QED) is 0.0198. The number of hydrogen-bond acceptors (Lipinski definition) is 21. The third-order valence-electron chi connectivity index (χ3n) is 18.5. The van der Waals surface area contributed by atoms with E-state index in [1.165, 1.54) is 0 Å². The molecule has 4 heterocycles. The maximum atomic E-state index is 7.89. The number of allylic oxidation sites excluding steroid dienone is 1. The average molecular weight is 1600 g/mol. The molecule has 4 aliphatic heterocycles. The molecule has 21 nitrogen and oxygen atoms in total. The van der Waals surface area contributed by atoms with Crippen LogP contribution in [0.25, 0.3) is 0 Å². The molecule has 0 saturated carbocycles. The number of halogens is 1. The molecule has 0 aromatic heterocycles. The summed E-state index contributed by atoms with van der Waals surface area (Å²) in [6.07, 6.45) is 8.42. The van der Waals surface area contributed by atoms with E-state index in [1.807, 2.05) is 6.08 Å². The van der Waals surface area contributed by atoms with Gasteiger partial charge in [0.05, 0.1) is 6.61 Å². The van der Waals surface area contributed by atoms with E-state index in [0.717, 1.165) is 167 Å². The van der Waals surface area contributed by atoms with Crippen molar-refractivity contribution in [1.29, 1.82) is 0 Å². The molecule has 0 N–H and O–H groups in total. The van der Waals surface area contributed by atoms with Gasteiger partial charge in [0.2, 0.25) is 0 Å².